The lowest BCUT2D eigenvalue weighted by Gasteiger charge is -2.30. The molecule has 3 rings (SSSR count). The van der Waals surface area contributed by atoms with Crippen molar-refractivity contribution in [1.29, 1.82) is 0 Å². The Labute approximate surface area is 158 Å². The second-order valence-corrected chi connectivity index (χ2v) is 7.72. The van der Waals surface area contributed by atoms with Gasteiger partial charge in [0.15, 0.2) is 0 Å². The van der Waals surface area contributed by atoms with Crippen molar-refractivity contribution in [3.05, 3.63) is 52.2 Å². The van der Waals surface area contributed by atoms with E-state index in [0.29, 0.717) is 30.8 Å². The van der Waals surface area contributed by atoms with E-state index in [-0.39, 0.29) is 17.9 Å². The Kier molecular flexibility index (Phi) is 6.41. The van der Waals surface area contributed by atoms with Crippen LogP contribution in [0.1, 0.15) is 40.9 Å². The molecule has 1 saturated heterocycles. The zero-order valence-corrected chi connectivity index (χ0v) is 15.6. The number of anilines is 1. The molecule has 2 amide bonds. The first-order chi connectivity index (χ1) is 12.6. The largest absolute Gasteiger partial charge is 0.339 e. The molecule has 0 unspecified atom stereocenters. The number of rotatable bonds is 6. The lowest BCUT2D eigenvalue weighted by atomic mass is 10.0. The number of thiophene rings is 1. The van der Waals surface area contributed by atoms with Crippen LogP contribution in [0.4, 0.5) is 5.69 Å². The molecule has 1 aliphatic rings. The van der Waals surface area contributed by atoms with Crippen molar-refractivity contribution in [2.45, 2.75) is 38.1 Å². The fraction of sp³-hybridized carbons (Fsp3) is 0.400. The molecular formula is C20H25N3O2S. The molecule has 3 N–H and O–H groups in total. The molecule has 26 heavy (non-hydrogen) atoms. The Morgan fingerprint density at radius 1 is 1.19 bits per heavy atom. The van der Waals surface area contributed by atoms with Crippen LogP contribution >= 0.6 is 11.3 Å². The third-order valence-electron chi connectivity index (χ3n) is 4.63. The van der Waals surface area contributed by atoms with Gasteiger partial charge in [-0.1, -0.05) is 12.1 Å². The topological polar surface area (TPSA) is 75.4 Å². The molecule has 1 aromatic carbocycles. The average Bonchev–Trinajstić information content (AvgIpc) is 3.15. The van der Waals surface area contributed by atoms with Crippen molar-refractivity contribution in [3.8, 4) is 0 Å². The van der Waals surface area contributed by atoms with E-state index in [4.69, 9.17) is 5.73 Å². The molecule has 0 bridgehead atoms. The lowest BCUT2D eigenvalue weighted by molar-refractivity contribution is -0.116. The molecule has 0 aliphatic carbocycles. The molecule has 2 heterocycles. The molecule has 2 aromatic rings. The summed E-state index contributed by atoms with van der Waals surface area (Å²) in [5, 5.41) is 4.95. The Morgan fingerprint density at radius 2 is 2.00 bits per heavy atom. The Morgan fingerprint density at radius 3 is 2.73 bits per heavy atom. The molecule has 6 heteroatoms. The van der Waals surface area contributed by atoms with E-state index >= 15 is 0 Å². The second-order valence-electron chi connectivity index (χ2n) is 6.69. The summed E-state index contributed by atoms with van der Waals surface area (Å²) in [4.78, 5) is 27.9. The standard InChI is InChI=1S/C20H25N3O2S/c21-16-9-11-23(12-10-16)20(25)15-4-1-5-17(14-15)22-19(24)8-2-6-18-7-3-13-26-18/h1,3-5,7,13-14,16H,2,6,8-12,21H2,(H,22,24). The van der Waals surface area contributed by atoms with Crippen LogP contribution < -0.4 is 11.1 Å². The smallest absolute Gasteiger partial charge is 0.253 e. The molecule has 0 radical (unpaired) electrons. The van der Waals surface area contributed by atoms with E-state index in [0.717, 1.165) is 25.7 Å². The van der Waals surface area contributed by atoms with E-state index in [1.807, 2.05) is 28.5 Å². The Hall–Kier alpha value is -2.18. The average molecular weight is 372 g/mol. The van der Waals surface area contributed by atoms with E-state index < -0.39 is 0 Å². The number of likely N-dealkylation sites (tertiary alicyclic amines) is 1. The highest BCUT2D eigenvalue weighted by atomic mass is 32.1. The zero-order chi connectivity index (χ0) is 18.4. The predicted octanol–water partition coefficient (Wildman–Crippen LogP) is 3.27. The number of nitrogens with one attached hydrogen (secondary N) is 1. The number of benzene rings is 1. The molecule has 0 spiro atoms. The molecular weight excluding hydrogens is 346 g/mol. The Bertz CT molecular complexity index is 737. The summed E-state index contributed by atoms with van der Waals surface area (Å²) in [6.07, 6.45) is 3.89. The van der Waals surface area contributed by atoms with Crippen molar-refractivity contribution >= 4 is 28.8 Å². The van der Waals surface area contributed by atoms with Crippen molar-refractivity contribution < 1.29 is 9.59 Å². The first-order valence-corrected chi connectivity index (χ1v) is 9.97. The molecule has 5 nitrogen and oxygen atoms in total. The number of amides is 2. The zero-order valence-electron chi connectivity index (χ0n) is 14.8. The maximum absolute atomic E-state index is 12.6. The van der Waals surface area contributed by atoms with Gasteiger partial charge in [0.2, 0.25) is 5.91 Å². The Balaban J connectivity index is 1.51. The molecule has 1 aliphatic heterocycles. The van der Waals surface area contributed by atoms with E-state index in [1.54, 1.807) is 23.5 Å². The van der Waals surface area contributed by atoms with Crippen molar-refractivity contribution in [2.24, 2.45) is 5.73 Å². The second kappa shape index (κ2) is 8.96. The van der Waals surface area contributed by atoms with E-state index in [9.17, 15) is 9.59 Å². The van der Waals surface area contributed by atoms with E-state index in [2.05, 4.69) is 11.4 Å². The molecule has 1 aromatic heterocycles. The van der Waals surface area contributed by atoms with Crippen LogP contribution in [0.15, 0.2) is 41.8 Å². The summed E-state index contributed by atoms with van der Waals surface area (Å²) in [5.41, 5.74) is 7.18. The number of hydrogen-bond acceptors (Lipinski definition) is 4. The van der Waals surface area contributed by atoms with Crippen LogP contribution in [-0.2, 0) is 11.2 Å². The lowest BCUT2D eigenvalue weighted by Crippen LogP contribution is -2.42. The number of hydrogen-bond donors (Lipinski definition) is 2. The first-order valence-electron chi connectivity index (χ1n) is 9.09. The van der Waals surface area contributed by atoms with Gasteiger partial charge in [0.05, 0.1) is 0 Å². The highest BCUT2D eigenvalue weighted by Crippen LogP contribution is 2.17. The van der Waals surface area contributed by atoms with Gasteiger partial charge >= 0.3 is 0 Å². The van der Waals surface area contributed by atoms with Gasteiger partial charge in [0.1, 0.15) is 0 Å². The maximum atomic E-state index is 12.6. The van der Waals surface area contributed by atoms with Gasteiger partial charge in [0, 0.05) is 41.7 Å². The quantitative estimate of drug-likeness (QED) is 0.818. The molecule has 0 atom stereocenters. The highest BCUT2D eigenvalue weighted by Gasteiger charge is 2.21. The van der Waals surface area contributed by atoms with Gasteiger partial charge in [0.25, 0.3) is 5.91 Å². The molecule has 0 saturated carbocycles. The summed E-state index contributed by atoms with van der Waals surface area (Å²) in [5.74, 6) is -0.0132. The van der Waals surface area contributed by atoms with Gasteiger partial charge in [-0.25, -0.2) is 0 Å². The van der Waals surface area contributed by atoms with Gasteiger partial charge < -0.3 is 16.0 Å². The van der Waals surface area contributed by atoms with Crippen LogP contribution in [0.5, 0.6) is 0 Å². The number of piperidine rings is 1. The highest BCUT2D eigenvalue weighted by molar-refractivity contribution is 7.09. The minimum Gasteiger partial charge on any atom is -0.339 e. The predicted molar refractivity (Wildman–Crippen MR) is 105 cm³/mol. The summed E-state index contributed by atoms with van der Waals surface area (Å²) < 4.78 is 0. The fourth-order valence-corrected chi connectivity index (χ4v) is 3.87. The number of aryl methyl sites for hydroxylation is 1. The summed E-state index contributed by atoms with van der Waals surface area (Å²) in [7, 11) is 0. The van der Waals surface area contributed by atoms with Crippen LogP contribution in [0, 0.1) is 0 Å². The summed E-state index contributed by atoms with van der Waals surface area (Å²) >= 11 is 1.72. The third kappa shape index (κ3) is 5.16. The molecule has 138 valence electrons. The van der Waals surface area contributed by atoms with Gasteiger partial charge in [-0.05, 0) is 55.3 Å². The van der Waals surface area contributed by atoms with Crippen LogP contribution in [0.3, 0.4) is 0 Å². The first kappa shape index (κ1) is 18.6. The summed E-state index contributed by atoms with van der Waals surface area (Å²) in [6.45, 7) is 1.39. The fourth-order valence-electron chi connectivity index (χ4n) is 3.12. The van der Waals surface area contributed by atoms with Gasteiger partial charge in [-0.3, -0.25) is 9.59 Å². The van der Waals surface area contributed by atoms with Crippen LogP contribution in [-0.4, -0.2) is 35.8 Å². The van der Waals surface area contributed by atoms with Crippen molar-refractivity contribution in [3.63, 3.8) is 0 Å². The number of nitrogens with zero attached hydrogens (tertiary/aromatic N) is 1. The molecule has 1 fully saturated rings. The van der Waals surface area contributed by atoms with Crippen LogP contribution in [0.25, 0.3) is 0 Å². The maximum Gasteiger partial charge on any atom is 0.253 e. The number of carbonyl (C=O) groups excluding carboxylic acids is 2. The number of carbonyl (C=O) groups is 2. The number of nitrogens with two attached hydrogens (primary N) is 1. The minimum absolute atomic E-state index is 0.00527. The normalized spacial score (nSPS) is 15.0. The monoisotopic (exact) mass is 371 g/mol. The van der Waals surface area contributed by atoms with Gasteiger partial charge in [-0.2, -0.15) is 0 Å². The minimum atomic E-state index is -0.0184. The van der Waals surface area contributed by atoms with Crippen LogP contribution in [0.2, 0.25) is 0 Å². The SMILES string of the molecule is NC1CCN(C(=O)c2cccc(NC(=O)CCCc3cccs3)c2)CC1. The van der Waals surface area contributed by atoms with Gasteiger partial charge in [-0.15, -0.1) is 11.3 Å². The van der Waals surface area contributed by atoms with Crippen molar-refractivity contribution in [1.82, 2.24) is 4.90 Å². The van der Waals surface area contributed by atoms with Crippen molar-refractivity contribution in [2.75, 3.05) is 18.4 Å². The van der Waals surface area contributed by atoms with E-state index in [1.165, 1.54) is 4.88 Å². The summed E-state index contributed by atoms with van der Waals surface area (Å²) in [6, 6.07) is 11.5. The third-order valence-corrected chi connectivity index (χ3v) is 5.56.